The predicted molar refractivity (Wildman–Crippen MR) is 141 cm³/mol. The van der Waals surface area contributed by atoms with Gasteiger partial charge in [-0.1, -0.05) is 33.6 Å². The maximum atomic E-state index is 13.0. The molecule has 0 N–H and O–H groups in total. The van der Waals surface area contributed by atoms with Gasteiger partial charge in [0.1, 0.15) is 12.4 Å². The van der Waals surface area contributed by atoms with Gasteiger partial charge in [-0.3, -0.25) is 4.79 Å². The van der Waals surface area contributed by atoms with Gasteiger partial charge in [-0.2, -0.15) is 9.78 Å². The van der Waals surface area contributed by atoms with Crippen LogP contribution in [0.2, 0.25) is 5.02 Å². The lowest BCUT2D eigenvalue weighted by Gasteiger charge is -2.15. The van der Waals surface area contributed by atoms with Crippen molar-refractivity contribution in [1.82, 2.24) is 9.66 Å². The molecule has 36 heavy (non-hydrogen) atoms. The minimum atomic E-state index is -0.269. The second kappa shape index (κ2) is 10.2. The van der Waals surface area contributed by atoms with Gasteiger partial charge in [0.25, 0.3) is 5.56 Å². The van der Waals surface area contributed by atoms with E-state index in [9.17, 15) is 4.79 Å². The summed E-state index contributed by atoms with van der Waals surface area (Å²) in [4.78, 5) is 17.5. The summed E-state index contributed by atoms with van der Waals surface area (Å²) < 4.78 is 24.6. The lowest BCUT2D eigenvalue weighted by Crippen LogP contribution is -2.20. The van der Waals surface area contributed by atoms with Crippen molar-refractivity contribution in [1.29, 1.82) is 0 Å². The van der Waals surface area contributed by atoms with Crippen LogP contribution >= 0.6 is 27.5 Å². The van der Waals surface area contributed by atoms with E-state index in [-0.39, 0.29) is 19.0 Å². The molecule has 0 aliphatic carbocycles. The SMILES string of the molecule is CCOc1cc(C=Nn2c(C)nc3ccc(Br)cc3c2=O)cc(Cl)c1OCc1ccc2c(c1)OCO2. The molecule has 3 aromatic carbocycles. The molecule has 0 unspecified atom stereocenters. The van der Waals surface area contributed by atoms with Gasteiger partial charge in [0.2, 0.25) is 6.79 Å². The lowest BCUT2D eigenvalue weighted by molar-refractivity contribution is 0.174. The average molecular weight is 571 g/mol. The Morgan fingerprint density at radius 1 is 1.14 bits per heavy atom. The van der Waals surface area contributed by atoms with Crippen molar-refractivity contribution < 1.29 is 18.9 Å². The highest BCUT2D eigenvalue weighted by atomic mass is 79.9. The molecule has 10 heteroatoms. The van der Waals surface area contributed by atoms with Crippen LogP contribution in [0.3, 0.4) is 0 Å². The van der Waals surface area contributed by atoms with Crippen LogP contribution in [-0.2, 0) is 6.61 Å². The van der Waals surface area contributed by atoms with E-state index in [1.807, 2.05) is 31.2 Å². The van der Waals surface area contributed by atoms with Gasteiger partial charge in [-0.25, -0.2) is 4.98 Å². The number of halogens is 2. The first kappa shape index (κ1) is 24.1. The molecule has 0 saturated heterocycles. The molecule has 4 aromatic rings. The third-order valence-corrected chi connectivity index (χ3v) is 6.22. The maximum absolute atomic E-state index is 13.0. The van der Waals surface area contributed by atoms with Gasteiger partial charge in [0.15, 0.2) is 23.0 Å². The van der Waals surface area contributed by atoms with Crippen LogP contribution in [0.25, 0.3) is 10.9 Å². The van der Waals surface area contributed by atoms with E-state index in [1.165, 1.54) is 10.9 Å². The van der Waals surface area contributed by atoms with Crippen LogP contribution in [0, 0.1) is 6.92 Å². The van der Waals surface area contributed by atoms with E-state index >= 15 is 0 Å². The summed E-state index contributed by atoms with van der Waals surface area (Å²) in [5, 5.41) is 5.19. The Morgan fingerprint density at radius 3 is 2.81 bits per heavy atom. The highest BCUT2D eigenvalue weighted by Gasteiger charge is 2.16. The normalized spacial score (nSPS) is 12.4. The molecule has 2 heterocycles. The van der Waals surface area contributed by atoms with E-state index in [0.717, 1.165) is 10.0 Å². The quantitative estimate of drug-likeness (QED) is 0.265. The molecule has 0 fully saturated rings. The van der Waals surface area contributed by atoms with Crippen LogP contribution in [0.4, 0.5) is 0 Å². The van der Waals surface area contributed by atoms with Crippen molar-refractivity contribution in [2.24, 2.45) is 5.10 Å². The second-order valence-corrected chi connectivity index (χ2v) is 9.24. The summed E-state index contributed by atoms with van der Waals surface area (Å²) in [6, 6.07) is 14.4. The van der Waals surface area contributed by atoms with Crippen LogP contribution in [0.5, 0.6) is 23.0 Å². The van der Waals surface area contributed by atoms with E-state index in [0.29, 0.717) is 56.9 Å². The Bertz CT molecular complexity index is 1550. The van der Waals surface area contributed by atoms with Crippen LogP contribution in [0.15, 0.2) is 62.9 Å². The largest absolute Gasteiger partial charge is 0.490 e. The molecule has 184 valence electrons. The Morgan fingerprint density at radius 2 is 1.97 bits per heavy atom. The summed E-state index contributed by atoms with van der Waals surface area (Å²) in [5.74, 6) is 2.74. The Labute approximate surface area is 220 Å². The van der Waals surface area contributed by atoms with Gasteiger partial charge < -0.3 is 18.9 Å². The Hall–Kier alpha value is -3.56. The molecule has 1 aliphatic rings. The third-order valence-electron chi connectivity index (χ3n) is 5.44. The smallest absolute Gasteiger partial charge is 0.282 e. The summed E-state index contributed by atoms with van der Waals surface area (Å²) in [6.07, 6.45) is 1.54. The number of nitrogens with zero attached hydrogens (tertiary/aromatic N) is 3. The summed E-state index contributed by atoms with van der Waals surface area (Å²) in [6.45, 7) is 4.49. The van der Waals surface area contributed by atoms with Gasteiger partial charge >= 0.3 is 0 Å². The van der Waals surface area contributed by atoms with Gasteiger partial charge in [-0.05, 0) is 67.4 Å². The minimum absolute atomic E-state index is 0.210. The fourth-order valence-corrected chi connectivity index (χ4v) is 4.41. The van der Waals surface area contributed by atoms with E-state index in [1.54, 1.807) is 31.2 Å². The predicted octanol–water partition coefficient (Wildman–Crippen LogP) is 5.71. The number of hydrogen-bond acceptors (Lipinski definition) is 7. The molecule has 0 radical (unpaired) electrons. The molecule has 1 aromatic heterocycles. The van der Waals surface area contributed by atoms with Crippen molar-refractivity contribution in [3.05, 3.63) is 85.3 Å². The number of aromatic nitrogens is 2. The highest BCUT2D eigenvalue weighted by molar-refractivity contribution is 9.10. The lowest BCUT2D eigenvalue weighted by atomic mass is 10.2. The van der Waals surface area contributed by atoms with Crippen molar-refractivity contribution in [2.45, 2.75) is 20.5 Å². The van der Waals surface area contributed by atoms with Gasteiger partial charge in [0.05, 0.1) is 28.7 Å². The number of ether oxygens (including phenoxy) is 4. The molecular weight excluding hydrogens is 550 g/mol. The van der Waals surface area contributed by atoms with Crippen molar-refractivity contribution in [3.8, 4) is 23.0 Å². The van der Waals surface area contributed by atoms with E-state index in [2.05, 4.69) is 26.0 Å². The molecule has 0 bridgehead atoms. The third kappa shape index (κ3) is 4.89. The zero-order valence-electron chi connectivity index (χ0n) is 19.5. The van der Waals surface area contributed by atoms with Crippen molar-refractivity contribution in [2.75, 3.05) is 13.4 Å². The zero-order valence-corrected chi connectivity index (χ0v) is 21.8. The molecule has 8 nitrogen and oxygen atoms in total. The Balaban J connectivity index is 1.42. The topological polar surface area (TPSA) is 84.2 Å². The number of aryl methyl sites for hydroxylation is 1. The van der Waals surface area contributed by atoms with Crippen LogP contribution < -0.4 is 24.5 Å². The van der Waals surface area contributed by atoms with Crippen molar-refractivity contribution in [3.63, 3.8) is 0 Å². The van der Waals surface area contributed by atoms with Crippen LogP contribution in [0.1, 0.15) is 23.9 Å². The average Bonchev–Trinajstić information content (AvgIpc) is 3.32. The second-order valence-electron chi connectivity index (χ2n) is 7.92. The summed E-state index contributed by atoms with van der Waals surface area (Å²) in [5.41, 5.74) is 1.88. The van der Waals surface area contributed by atoms with E-state index in [4.69, 9.17) is 30.5 Å². The summed E-state index contributed by atoms with van der Waals surface area (Å²) in [7, 11) is 0. The first-order valence-electron chi connectivity index (χ1n) is 11.1. The number of benzene rings is 3. The van der Waals surface area contributed by atoms with Crippen molar-refractivity contribution >= 4 is 44.6 Å². The fourth-order valence-electron chi connectivity index (χ4n) is 3.77. The molecule has 5 rings (SSSR count). The maximum Gasteiger partial charge on any atom is 0.282 e. The van der Waals surface area contributed by atoms with Gasteiger partial charge in [-0.15, -0.1) is 0 Å². The molecule has 0 amide bonds. The fraction of sp³-hybridized carbons (Fsp3) is 0.192. The number of fused-ring (bicyclic) bond motifs is 2. The standard InChI is InChI=1S/C26H21BrClN3O5/c1-3-33-24-10-17(12-29-31-15(2)30-21-6-5-18(27)11-19(21)26(31)32)8-20(28)25(24)34-13-16-4-7-22-23(9-16)36-14-35-22/h4-12H,3,13-14H2,1-2H3. The molecule has 0 atom stereocenters. The summed E-state index contributed by atoms with van der Waals surface area (Å²) >= 11 is 9.97. The Kier molecular flexibility index (Phi) is 6.84. The molecule has 0 saturated carbocycles. The number of rotatable bonds is 7. The minimum Gasteiger partial charge on any atom is -0.490 e. The van der Waals surface area contributed by atoms with Gasteiger partial charge in [0, 0.05) is 4.47 Å². The first-order valence-corrected chi connectivity index (χ1v) is 12.3. The van der Waals surface area contributed by atoms with Crippen LogP contribution in [-0.4, -0.2) is 29.3 Å². The molecule has 1 aliphatic heterocycles. The molecule has 0 spiro atoms. The monoisotopic (exact) mass is 569 g/mol. The number of hydrogen-bond donors (Lipinski definition) is 0. The molecular formula is C26H21BrClN3O5. The van der Waals surface area contributed by atoms with E-state index < -0.39 is 0 Å². The first-order chi connectivity index (χ1) is 17.4. The zero-order chi connectivity index (χ0) is 25.2. The highest BCUT2D eigenvalue weighted by Crippen LogP contribution is 2.38.